The van der Waals surface area contributed by atoms with E-state index in [9.17, 15) is 13.2 Å². The molecule has 1 rings (SSSR count). The number of ether oxygens (including phenoxy) is 1. The summed E-state index contributed by atoms with van der Waals surface area (Å²) in [5.41, 5.74) is -0.0170. The van der Waals surface area contributed by atoms with Crippen molar-refractivity contribution >= 4 is 0 Å². The minimum atomic E-state index is -4.26. The lowest BCUT2D eigenvalue weighted by Crippen LogP contribution is -2.35. The van der Waals surface area contributed by atoms with E-state index in [2.05, 4.69) is 20.1 Å². The van der Waals surface area contributed by atoms with Gasteiger partial charge in [0, 0.05) is 18.7 Å². The van der Waals surface area contributed by atoms with Gasteiger partial charge in [-0.05, 0) is 27.2 Å². The Balaban J connectivity index is 2.20. The quantitative estimate of drug-likeness (QED) is 0.783. The lowest BCUT2D eigenvalue weighted by molar-refractivity contribution is -0.174. The molecule has 0 bridgehead atoms. The number of alkyl halides is 3. The topological polar surface area (TPSA) is 52.0 Å². The summed E-state index contributed by atoms with van der Waals surface area (Å²) in [6, 6.07) is 0. The minimum Gasteiger partial charge on any atom is -0.372 e. The molecule has 1 aromatic rings. The number of halogens is 3. The molecule has 0 saturated carbocycles. The molecule has 0 aliphatic rings. The first kappa shape index (κ1) is 16.9. The van der Waals surface area contributed by atoms with E-state index >= 15 is 0 Å². The third kappa shape index (κ3) is 8.11. The molecule has 0 fully saturated rings. The molecule has 0 aliphatic carbocycles. The van der Waals surface area contributed by atoms with E-state index < -0.39 is 12.8 Å². The molecule has 0 unspecified atom stereocenters. The highest BCUT2D eigenvalue weighted by Gasteiger charge is 2.27. The fraction of sp³-hybridized carbons (Fsp3) is 0.833. The fourth-order valence-electron chi connectivity index (χ4n) is 1.38. The van der Waals surface area contributed by atoms with Gasteiger partial charge in [-0.15, -0.1) is 0 Å². The average Bonchev–Trinajstić information content (AvgIpc) is 2.71. The van der Waals surface area contributed by atoms with E-state index in [0.717, 1.165) is 0 Å². The van der Waals surface area contributed by atoms with Gasteiger partial charge in [0.2, 0.25) is 0 Å². The van der Waals surface area contributed by atoms with Crippen LogP contribution in [0.4, 0.5) is 13.2 Å². The standard InChI is InChI=1S/C12H21F3N4O/c1-11(2,3)17-7-10-16-9-19(18-10)5-4-6-20-8-12(13,14)15/h9,17H,4-8H2,1-3H3. The van der Waals surface area contributed by atoms with Crippen molar-refractivity contribution in [3.8, 4) is 0 Å². The van der Waals surface area contributed by atoms with Crippen molar-refractivity contribution in [2.45, 2.75) is 52.0 Å². The Hall–Kier alpha value is -1.15. The van der Waals surface area contributed by atoms with Crippen LogP contribution in [0.2, 0.25) is 0 Å². The second-order valence-electron chi connectivity index (χ2n) is 5.55. The van der Waals surface area contributed by atoms with Gasteiger partial charge in [0.1, 0.15) is 12.9 Å². The molecule has 0 spiro atoms. The first-order chi connectivity index (χ1) is 9.16. The molecule has 5 nitrogen and oxygen atoms in total. The summed E-state index contributed by atoms with van der Waals surface area (Å²) >= 11 is 0. The van der Waals surface area contributed by atoms with Gasteiger partial charge in [-0.2, -0.15) is 18.3 Å². The van der Waals surface area contributed by atoms with Crippen LogP contribution in [0, 0.1) is 0 Å². The fourth-order valence-corrected chi connectivity index (χ4v) is 1.38. The highest BCUT2D eigenvalue weighted by atomic mass is 19.4. The maximum Gasteiger partial charge on any atom is 0.411 e. The molecule has 0 aromatic carbocycles. The smallest absolute Gasteiger partial charge is 0.372 e. The highest BCUT2D eigenvalue weighted by molar-refractivity contribution is 4.83. The Morgan fingerprint density at radius 2 is 2.00 bits per heavy atom. The Labute approximate surface area is 116 Å². The summed E-state index contributed by atoms with van der Waals surface area (Å²) in [6.45, 7) is 6.02. The number of nitrogens with zero attached hydrogens (tertiary/aromatic N) is 3. The maximum absolute atomic E-state index is 11.8. The third-order valence-corrected chi connectivity index (χ3v) is 2.30. The van der Waals surface area contributed by atoms with Crippen LogP contribution in [0.3, 0.4) is 0 Å². The third-order valence-electron chi connectivity index (χ3n) is 2.30. The average molecular weight is 294 g/mol. The van der Waals surface area contributed by atoms with Crippen molar-refractivity contribution in [3.63, 3.8) is 0 Å². The van der Waals surface area contributed by atoms with Gasteiger partial charge in [0.15, 0.2) is 5.82 Å². The zero-order valence-electron chi connectivity index (χ0n) is 12.0. The first-order valence-electron chi connectivity index (χ1n) is 6.43. The molecule has 0 atom stereocenters. The van der Waals surface area contributed by atoms with Crippen LogP contribution >= 0.6 is 0 Å². The van der Waals surface area contributed by atoms with Gasteiger partial charge in [0.05, 0.1) is 6.54 Å². The van der Waals surface area contributed by atoms with Gasteiger partial charge in [-0.1, -0.05) is 0 Å². The summed E-state index contributed by atoms with van der Waals surface area (Å²) < 4.78 is 41.6. The van der Waals surface area contributed by atoms with Gasteiger partial charge in [-0.25, -0.2) is 4.98 Å². The summed E-state index contributed by atoms with van der Waals surface area (Å²) in [4.78, 5) is 4.13. The zero-order chi connectivity index (χ0) is 15.2. The summed E-state index contributed by atoms with van der Waals surface area (Å²) in [5.74, 6) is 0.663. The molecule has 0 saturated heterocycles. The second kappa shape index (κ2) is 7.03. The lowest BCUT2D eigenvalue weighted by Gasteiger charge is -2.19. The molecular weight excluding hydrogens is 273 g/mol. The van der Waals surface area contributed by atoms with Crippen molar-refractivity contribution < 1.29 is 17.9 Å². The van der Waals surface area contributed by atoms with Gasteiger partial charge >= 0.3 is 6.18 Å². The molecule has 8 heteroatoms. The van der Waals surface area contributed by atoms with E-state index in [0.29, 0.717) is 25.3 Å². The summed E-state index contributed by atoms with van der Waals surface area (Å²) in [7, 11) is 0. The number of aryl methyl sites for hydroxylation is 1. The van der Waals surface area contributed by atoms with E-state index in [1.165, 1.54) is 0 Å². The van der Waals surface area contributed by atoms with E-state index in [1.54, 1.807) is 11.0 Å². The molecule has 0 amide bonds. The Morgan fingerprint density at radius 1 is 1.30 bits per heavy atom. The monoisotopic (exact) mass is 294 g/mol. The molecule has 1 heterocycles. The molecule has 116 valence electrons. The highest BCUT2D eigenvalue weighted by Crippen LogP contribution is 2.14. The molecule has 20 heavy (non-hydrogen) atoms. The van der Waals surface area contributed by atoms with Crippen molar-refractivity contribution in [1.82, 2.24) is 20.1 Å². The SMILES string of the molecule is CC(C)(C)NCc1ncn(CCCOCC(F)(F)F)n1. The Bertz CT molecular complexity index is 398. The van der Waals surface area contributed by atoms with Crippen molar-refractivity contribution in [1.29, 1.82) is 0 Å². The van der Waals surface area contributed by atoms with E-state index in [4.69, 9.17) is 0 Å². The van der Waals surface area contributed by atoms with Gasteiger partial charge < -0.3 is 10.1 Å². The van der Waals surface area contributed by atoms with Crippen molar-refractivity contribution in [2.24, 2.45) is 0 Å². The maximum atomic E-state index is 11.8. The van der Waals surface area contributed by atoms with Crippen LogP contribution < -0.4 is 5.32 Å². The molecule has 1 N–H and O–H groups in total. The molecule has 0 aliphatic heterocycles. The molecular formula is C12H21F3N4O. The Kier molecular flexibility index (Phi) is 5.94. The largest absolute Gasteiger partial charge is 0.411 e. The van der Waals surface area contributed by atoms with E-state index in [-0.39, 0.29) is 12.1 Å². The van der Waals surface area contributed by atoms with Gasteiger partial charge in [-0.3, -0.25) is 4.68 Å². The van der Waals surface area contributed by atoms with Crippen molar-refractivity contribution in [3.05, 3.63) is 12.2 Å². The second-order valence-corrected chi connectivity index (χ2v) is 5.55. The lowest BCUT2D eigenvalue weighted by atomic mass is 10.1. The number of rotatable bonds is 7. The van der Waals surface area contributed by atoms with Crippen LogP contribution in [0.25, 0.3) is 0 Å². The Morgan fingerprint density at radius 3 is 2.60 bits per heavy atom. The number of nitrogens with one attached hydrogen (secondary N) is 1. The normalized spacial score (nSPS) is 12.9. The predicted octanol–water partition coefficient (Wildman–Crippen LogP) is 2.14. The van der Waals surface area contributed by atoms with Crippen molar-refractivity contribution in [2.75, 3.05) is 13.2 Å². The predicted molar refractivity (Wildman–Crippen MR) is 68.1 cm³/mol. The molecule has 1 aromatic heterocycles. The van der Waals surface area contributed by atoms with E-state index in [1.807, 2.05) is 20.8 Å². The number of hydrogen-bond donors (Lipinski definition) is 1. The number of aromatic nitrogens is 3. The van der Waals surface area contributed by atoms with Crippen LogP contribution in [0.1, 0.15) is 33.0 Å². The summed E-state index contributed by atoms with van der Waals surface area (Å²) in [6.07, 6.45) is -2.23. The van der Waals surface area contributed by atoms with Crippen LogP contribution in [-0.2, 0) is 17.8 Å². The van der Waals surface area contributed by atoms with Gasteiger partial charge in [0.25, 0.3) is 0 Å². The van der Waals surface area contributed by atoms with Crippen LogP contribution in [0.15, 0.2) is 6.33 Å². The summed E-state index contributed by atoms with van der Waals surface area (Å²) in [5, 5.41) is 7.48. The first-order valence-corrected chi connectivity index (χ1v) is 6.43. The minimum absolute atomic E-state index is 0.0170. The van der Waals surface area contributed by atoms with Crippen LogP contribution in [-0.4, -0.2) is 39.7 Å². The number of hydrogen-bond acceptors (Lipinski definition) is 4. The van der Waals surface area contributed by atoms with Crippen LogP contribution in [0.5, 0.6) is 0 Å². The zero-order valence-corrected chi connectivity index (χ0v) is 12.0. The molecule has 0 radical (unpaired) electrons.